The number of nitro groups is 1. The Hall–Kier alpha value is -1.91. The van der Waals surface area contributed by atoms with Crippen molar-refractivity contribution in [3.05, 3.63) is 39.9 Å². The summed E-state index contributed by atoms with van der Waals surface area (Å²) >= 11 is 0. The van der Waals surface area contributed by atoms with E-state index in [1.165, 1.54) is 37.8 Å². The fraction of sp³-hybridized carbons (Fsp3) is 0.562. The van der Waals surface area contributed by atoms with Crippen LogP contribution in [-0.2, 0) is 0 Å². The third kappa shape index (κ3) is 2.91. The number of amides is 1. The van der Waals surface area contributed by atoms with Crippen molar-refractivity contribution < 1.29 is 9.72 Å². The van der Waals surface area contributed by atoms with Gasteiger partial charge in [0.05, 0.1) is 4.92 Å². The Morgan fingerprint density at radius 3 is 2.71 bits per heavy atom. The standard InChI is InChI=1S/C16H20N2O3/c19-16(13-6-3-7-15(10-13)18(20)21)17-9-8-12-4-1-2-5-14(12)11-17/h3,6-7,10,12,14H,1-2,4-5,8-9,11H2/t12-,14+/m0/s1. The second-order valence-electron chi connectivity index (χ2n) is 6.15. The molecule has 1 saturated carbocycles. The molecule has 21 heavy (non-hydrogen) atoms. The monoisotopic (exact) mass is 288 g/mol. The lowest BCUT2D eigenvalue weighted by Gasteiger charge is -2.41. The van der Waals surface area contributed by atoms with Gasteiger partial charge in [0.25, 0.3) is 11.6 Å². The van der Waals surface area contributed by atoms with Crippen molar-refractivity contribution in [1.29, 1.82) is 0 Å². The van der Waals surface area contributed by atoms with Crippen molar-refractivity contribution in [3.63, 3.8) is 0 Å². The van der Waals surface area contributed by atoms with E-state index < -0.39 is 4.92 Å². The molecule has 2 fully saturated rings. The normalized spacial score (nSPS) is 25.2. The minimum absolute atomic E-state index is 0.0200. The summed E-state index contributed by atoms with van der Waals surface area (Å²) < 4.78 is 0. The van der Waals surface area contributed by atoms with Crippen molar-refractivity contribution in [2.45, 2.75) is 32.1 Å². The van der Waals surface area contributed by atoms with Crippen LogP contribution in [0.3, 0.4) is 0 Å². The first-order chi connectivity index (χ1) is 10.1. The Balaban J connectivity index is 1.73. The zero-order valence-electron chi connectivity index (χ0n) is 12.0. The van der Waals surface area contributed by atoms with E-state index in [0.717, 1.165) is 25.4 Å². The van der Waals surface area contributed by atoms with Crippen molar-refractivity contribution >= 4 is 11.6 Å². The summed E-state index contributed by atoms with van der Waals surface area (Å²) in [4.78, 5) is 24.8. The van der Waals surface area contributed by atoms with Gasteiger partial charge in [0.2, 0.25) is 0 Å². The Morgan fingerprint density at radius 1 is 1.19 bits per heavy atom. The number of carbonyl (C=O) groups excluding carboxylic acids is 1. The number of nitrogens with zero attached hydrogens (tertiary/aromatic N) is 2. The highest BCUT2D eigenvalue weighted by Gasteiger charge is 2.33. The number of hydrogen-bond acceptors (Lipinski definition) is 3. The Kier molecular flexibility index (Phi) is 3.90. The lowest BCUT2D eigenvalue weighted by molar-refractivity contribution is -0.384. The van der Waals surface area contributed by atoms with Crippen molar-refractivity contribution in [1.82, 2.24) is 4.90 Å². The van der Waals surface area contributed by atoms with Crippen molar-refractivity contribution in [2.24, 2.45) is 11.8 Å². The zero-order valence-corrected chi connectivity index (χ0v) is 12.0. The molecule has 5 nitrogen and oxygen atoms in total. The number of likely N-dealkylation sites (tertiary alicyclic amines) is 1. The van der Waals surface area contributed by atoms with Crippen LogP contribution in [0.15, 0.2) is 24.3 Å². The molecule has 0 aromatic heterocycles. The van der Waals surface area contributed by atoms with Crippen LogP contribution in [-0.4, -0.2) is 28.8 Å². The van der Waals surface area contributed by atoms with Crippen LogP contribution >= 0.6 is 0 Å². The van der Waals surface area contributed by atoms with Gasteiger partial charge in [0.15, 0.2) is 0 Å². The molecule has 0 unspecified atom stereocenters. The number of fused-ring (bicyclic) bond motifs is 1. The van der Waals surface area contributed by atoms with E-state index in [9.17, 15) is 14.9 Å². The maximum atomic E-state index is 12.6. The van der Waals surface area contributed by atoms with Gasteiger partial charge in [-0.15, -0.1) is 0 Å². The number of nitro benzene ring substituents is 1. The van der Waals surface area contributed by atoms with Gasteiger partial charge in [-0.1, -0.05) is 25.3 Å². The summed E-state index contributed by atoms with van der Waals surface area (Å²) in [5.41, 5.74) is 0.409. The lowest BCUT2D eigenvalue weighted by atomic mass is 9.75. The lowest BCUT2D eigenvalue weighted by Crippen LogP contribution is -2.44. The molecule has 1 heterocycles. The van der Waals surface area contributed by atoms with Crippen molar-refractivity contribution in [2.75, 3.05) is 13.1 Å². The summed E-state index contributed by atoms with van der Waals surface area (Å²) in [5, 5.41) is 10.8. The Morgan fingerprint density at radius 2 is 1.95 bits per heavy atom. The van der Waals surface area contributed by atoms with E-state index in [2.05, 4.69) is 0 Å². The van der Waals surface area contributed by atoms with E-state index in [1.807, 2.05) is 4.90 Å². The van der Waals surface area contributed by atoms with Crippen LogP contribution in [0.25, 0.3) is 0 Å². The third-order valence-electron chi connectivity index (χ3n) is 4.88. The zero-order chi connectivity index (χ0) is 14.8. The molecule has 0 spiro atoms. The van der Waals surface area contributed by atoms with Crippen LogP contribution in [0.1, 0.15) is 42.5 Å². The predicted molar refractivity (Wildman–Crippen MR) is 79.1 cm³/mol. The van der Waals surface area contributed by atoms with Crippen LogP contribution in [0.2, 0.25) is 0 Å². The predicted octanol–water partition coefficient (Wildman–Crippen LogP) is 3.25. The second-order valence-corrected chi connectivity index (χ2v) is 6.15. The number of benzene rings is 1. The molecule has 3 rings (SSSR count). The molecule has 2 aliphatic rings. The molecule has 5 heteroatoms. The van der Waals surface area contributed by atoms with Crippen LogP contribution in [0.4, 0.5) is 5.69 Å². The maximum Gasteiger partial charge on any atom is 0.270 e. The molecule has 1 aliphatic heterocycles. The van der Waals surface area contributed by atoms with E-state index >= 15 is 0 Å². The largest absolute Gasteiger partial charge is 0.338 e. The topological polar surface area (TPSA) is 63.4 Å². The first-order valence-corrected chi connectivity index (χ1v) is 7.69. The van der Waals surface area contributed by atoms with E-state index in [-0.39, 0.29) is 11.6 Å². The fourth-order valence-electron chi connectivity index (χ4n) is 3.72. The van der Waals surface area contributed by atoms with Gasteiger partial charge in [0.1, 0.15) is 0 Å². The third-order valence-corrected chi connectivity index (χ3v) is 4.88. The van der Waals surface area contributed by atoms with Crippen LogP contribution in [0, 0.1) is 22.0 Å². The second kappa shape index (κ2) is 5.84. The number of rotatable bonds is 2. The van der Waals surface area contributed by atoms with Gasteiger partial charge in [-0.25, -0.2) is 0 Å². The molecule has 0 N–H and O–H groups in total. The summed E-state index contributed by atoms with van der Waals surface area (Å²) in [6.45, 7) is 1.59. The Bertz CT molecular complexity index is 558. The van der Waals surface area contributed by atoms with Crippen LogP contribution < -0.4 is 0 Å². The number of carbonyl (C=O) groups is 1. The summed E-state index contributed by atoms with van der Waals surface area (Å²) in [7, 11) is 0. The number of non-ortho nitro benzene ring substituents is 1. The maximum absolute atomic E-state index is 12.6. The van der Waals surface area contributed by atoms with Gasteiger partial charge in [-0.2, -0.15) is 0 Å². The number of hydrogen-bond donors (Lipinski definition) is 0. The van der Waals surface area contributed by atoms with E-state index in [0.29, 0.717) is 11.5 Å². The van der Waals surface area contributed by atoms with E-state index in [1.54, 1.807) is 12.1 Å². The molecule has 1 aromatic rings. The van der Waals surface area contributed by atoms with E-state index in [4.69, 9.17) is 0 Å². The molecule has 0 bridgehead atoms. The molecule has 1 aliphatic carbocycles. The highest BCUT2D eigenvalue weighted by atomic mass is 16.6. The number of piperidine rings is 1. The van der Waals surface area contributed by atoms with Gasteiger partial charge >= 0.3 is 0 Å². The quantitative estimate of drug-likeness (QED) is 0.620. The highest BCUT2D eigenvalue weighted by molar-refractivity contribution is 5.94. The van der Waals surface area contributed by atoms with Gasteiger partial charge in [0, 0.05) is 30.8 Å². The Labute approximate surface area is 124 Å². The summed E-state index contributed by atoms with van der Waals surface area (Å²) in [5.74, 6) is 1.32. The SMILES string of the molecule is O=C(c1cccc([N+](=O)[O-])c1)N1CC[C@@H]2CCCC[C@@H]2C1. The average Bonchev–Trinajstić information content (AvgIpc) is 2.53. The molecule has 0 radical (unpaired) electrons. The minimum Gasteiger partial charge on any atom is -0.338 e. The molecular weight excluding hydrogens is 268 g/mol. The van der Waals surface area contributed by atoms with Gasteiger partial charge in [-0.05, 0) is 30.7 Å². The molecule has 1 amide bonds. The average molecular weight is 288 g/mol. The molecular formula is C16H20N2O3. The smallest absolute Gasteiger partial charge is 0.270 e. The first kappa shape index (κ1) is 14.0. The van der Waals surface area contributed by atoms with Crippen molar-refractivity contribution in [3.8, 4) is 0 Å². The fourth-order valence-corrected chi connectivity index (χ4v) is 3.72. The molecule has 2 atom stereocenters. The minimum atomic E-state index is -0.454. The summed E-state index contributed by atoms with van der Waals surface area (Å²) in [6, 6.07) is 6.06. The van der Waals surface area contributed by atoms with Gasteiger partial charge < -0.3 is 4.90 Å². The molecule has 1 aromatic carbocycles. The molecule has 112 valence electrons. The first-order valence-electron chi connectivity index (χ1n) is 7.69. The van der Waals surface area contributed by atoms with Crippen LogP contribution in [0.5, 0.6) is 0 Å². The highest BCUT2D eigenvalue weighted by Crippen LogP contribution is 2.36. The van der Waals surface area contributed by atoms with Gasteiger partial charge in [-0.3, -0.25) is 14.9 Å². The summed E-state index contributed by atoms with van der Waals surface area (Å²) in [6.07, 6.45) is 6.16. The molecule has 1 saturated heterocycles.